The van der Waals surface area contributed by atoms with Gasteiger partial charge in [0, 0.05) is 12.2 Å². The summed E-state index contributed by atoms with van der Waals surface area (Å²) in [6.45, 7) is 0.348. The van der Waals surface area contributed by atoms with E-state index in [1.165, 1.54) is 0 Å². The molecule has 0 aliphatic rings. The lowest BCUT2D eigenvalue weighted by atomic mass is 10.1. The lowest BCUT2D eigenvalue weighted by Crippen LogP contribution is -2.28. The maximum absolute atomic E-state index is 11.8. The molecule has 3 N–H and O–H groups in total. The molecule has 5 nitrogen and oxygen atoms in total. The number of anilines is 1. The standard InChI is InChI=1S/C16H15N3O2/c17-9-12-4-6-15(7-5-12)19-16(21)18-10-13-2-1-3-14(8-13)11-20/h1-8,20H,10-11H2,(H2,18,19,21). The average Bonchev–Trinajstić information content (AvgIpc) is 2.54. The van der Waals surface area contributed by atoms with Gasteiger partial charge >= 0.3 is 6.03 Å². The van der Waals surface area contributed by atoms with Gasteiger partial charge in [-0.3, -0.25) is 0 Å². The van der Waals surface area contributed by atoms with Crippen molar-refractivity contribution >= 4 is 11.7 Å². The van der Waals surface area contributed by atoms with Gasteiger partial charge in [0.15, 0.2) is 0 Å². The lowest BCUT2D eigenvalue weighted by Gasteiger charge is -2.08. The maximum atomic E-state index is 11.8. The molecule has 2 aromatic carbocycles. The van der Waals surface area contributed by atoms with Crippen molar-refractivity contribution < 1.29 is 9.90 Å². The Morgan fingerprint density at radius 1 is 1.14 bits per heavy atom. The van der Waals surface area contributed by atoms with Gasteiger partial charge in [-0.05, 0) is 35.4 Å². The first-order valence-electron chi connectivity index (χ1n) is 6.45. The number of aliphatic hydroxyl groups is 1. The number of aliphatic hydroxyl groups excluding tert-OH is 1. The molecule has 2 rings (SSSR count). The maximum Gasteiger partial charge on any atom is 0.319 e. The Labute approximate surface area is 122 Å². The second kappa shape index (κ2) is 7.08. The van der Waals surface area contributed by atoms with E-state index in [9.17, 15) is 4.79 Å². The van der Waals surface area contributed by atoms with Crippen molar-refractivity contribution in [2.45, 2.75) is 13.2 Å². The molecule has 0 aliphatic carbocycles. The summed E-state index contributed by atoms with van der Waals surface area (Å²) in [7, 11) is 0. The topological polar surface area (TPSA) is 85.2 Å². The molecule has 0 aliphatic heterocycles. The fraction of sp³-hybridized carbons (Fsp3) is 0.125. The van der Waals surface area contributed by atoms with Gasteiger partial charge < -0.3 is 15.7 Å². The number of benzene rings is 2. The Bertz CT molecular complexity index is 660. The molecule has 0 atom stereocenters. The minimum atomic E-state index is -0.325. The molecule has 2 aromatic rings. The molecule has 0 heterocycles. The fourth-order valence-corrected chi connectivity index (χ4v) is 1.82. The molecule has 0 saturated heterocycles. The molecule has 2 amide bonds. The summed E-state index contributed by atoms with van der Waals surface area (Å²) in [6.07, 6.45) is 0. The van der Waals surface area contributed by atoms with Crippen molar-refractivity contribution in [3.63, 3.8) is 0 Å². The highest BCUT2D eigenvalue weighted by molar-refractivity contribution is 5.89. The van der Waals surface area contributed by atoms with Crippen LogP contribution in [0.3, 0.4) is 0 Å². The van der Waals surface area contributed by atoms with Crippen molar-refractivity contribution in [1.29, 1.82) is 5.26 Å². The zero-order chi connectivity index (χ0) is 15.1. The van der Waals surface area contributed by atoms with Crippen LogP contribution in [-0.2, 0) is 13.2 Å². The van der Waals surface area contributed by atoms with Crippen LogP contribution in [0.25, 0.3) is 0 Å². The van der Waals surface area contributed by atoms with Gasteiger partial charge in [0.25, 0.3) is 0 Å². The summed E-state index contributed by atoms with van der Waals surface area (Å²) in [5, 5.41) is 23.2. The second-order valence-electron chi connectivity index (χ2n) is 4.47. The van der Waals surface area contributed by atoms with Crippen molar-refractivity contribution in [3.8, 4) is 6.07 Å². The lowest BCUT2D eigenvalue weighted by molar-refractivity contribution is 0.251. The minimum Gasteiger partial charge on any atom is -0.392 e. The first-order valence-corrected chi connectivity index (χ1v) is 6.45. The van der Waals surface area contributed by atoms with Gasteiger partial charge in [-0.1, -0.05) is 24.3 Å². The molecule has 0 saturated carbocycles. The number of carbonyl (C=O) groups excluding carboxylic acids is 1. The number of nitrogens with zero attached hydrogens (tertiary/aromatic N) is 1. The second-order valence-corrected chi connectivity index (χ2v) is 4.47. The van der Waals surface area contributed by atoms with Gasteiger partial charge in [0.05, 0.1) is 18.2 Å². The van der Waals surface area contributed by atoms with Crippen LogP contribution in [0.1, 0.15) is 16.7 Å². The molecule has 0 fully saturated rings. The predicted octanol–water partition coefficient (Wildman–Crippen LogP) is 2.37. The van der Waals surface area contributed by atoms with Crippen molar-refractivity contribution in [2.24, 2.45) is 0 Å². The van der Waals surface area contributed by atoms with Crippen LogP contribution in [0, 0.1) is 11.3 Å². The summed E-state index contributed by atoms with van der Waals surface area (Å²) in [4.78, 5) is 11.8. The molecule has 21 heavy (non-hydrogen) atoms. The third kappa shape index (κ3) is 4.34. The Hall–Kier alpha value is -2.84. The number of hydrogen-bond acceptors (Lipinski definition) is 3. The quantitative estimate of drug-likeness (QED) is 0.804. The normalized spacial score (nSPS) is 9.71. The van der Waals surface area contributed by atoms with Gasteiger partial charge in [-0.15, -0.1) is 0 Å². The highest BCUT2D eigenvalue weighted by atomic mass is 16.3. The molecule has 0 radical (unpaired) electrons. The van der Waals surface area contributed by atoms with E-state index < -0.39 is 0 Å². The fourth-order valence-electron chi connectivity index (χ4n) is 1.82. The predicted molar refractivity (Wildman–Crippen MR) is 79.4 cm³/mol. The molecule has 0 aromatic heterocycles. The Morgan fingerprint density at radius 2 is 1.86 bits per heavy atom. The van der Waals surface area contributed by atoms with Crippen LogP contribution < -0.4 is 10.6 Å². The van der Waals surface area contributed by atoms with E-state index in [0.29, 0.717) is 17.8 Å². The number of carbonyl (C=O) groups is 1. The number of hydrogen-bond donors (Lipinski definition) is 3. The summed E-state index contributed by atoms with van der Waals surface area (Å²) < 4.78 is 0. The Morgan fingerprint density at radius 3 is 2.52 bits per heavy atom. The van der Waals surface area contributed by atoms with Gasteiger partial charge in [-0.25, -0.2) is 4.79 Å². The zero-order valence-electron chi connectivity index (χ0n) is 11.3. The van der Waals surface area contributed by atoms with Crippen molar-refractivity contribution in [2.75, 3.05) is 5.32 Å². The van der Waals surface area contributed by atoms with Gasteiger partial charge in [-0.2, -0.15) is 5.26 Å². The SMILES string of the molecule is N#Cc1ccc(NC(=O)NCc2cccc(CO)c2)cc1. The van der Waals surface area contributed by atoms with Crippen LogP contribution in [0.5, 0.6) is 0 Å². The largest absolute Gasteiger partial charge is 0.392 e. The van der Waals surface area contributed by atoms with E-state index in [4.69, 9.17) is 10.4 Å². The number of amides is 2. The van der Waals surface area contributed by atoms with Crippen LogP contribution in [0.4, 0.5) is 10.5 Å². The van der Waals surface area contributed by atoms with E-state index in [-0.39, 0.29) is 12.6 Å². The Balaban J connectivity index is 1.88. The molecule has 5 heteroatoms. The Kier molecular flexibility index (Phi) is 4.91. The van der Waals surface area contributed by atoms with Crippen molar-refractivity contribution in [1.82, 2.24) is 5.32 Å². The summed E-state index contributed by atoms with van der Waals surface area (Å²) in [5.74, 6) is 0. The third-order valence-electron chi connectivity index (χ3n) is 2.90. The third-order valence-corrected chi connectivity index (χ3v) is 2.90. The van der Waals surface area contributed by atoms with E-state index in [1.807, 2.05) is 30.3 Å². The average molecular weight is 281 g/mol. The summed E-state index contributed by atoms with van der Waals surface area (Å²) >= 11 is 0. The molecule has 0 unspecified atom stereocenters. The zero-order valence-corrected chi connectivity index (χ0v) is 11.3. The van der Waals surface area contributed by atoms with E-state index in [2.05, 4.69) is 10.6 Å². The highest BCUT2D eigenvalue weighted by Gasteiger charge is 2.02. The summed E-state index contributed by atoms with van der Waals surface area (Å²) in [6, 6.07) is 15.7. The van der Waals surface area contributed by atoms with E-state index >= 15 is 0 Å². The highest BCUT2D eigenvalue weighted by Crippen LogP contribution is 2.09. The van der Waals surface area contributed by atoms with E-state index in [1.54, 1.807) is 24.3 Å². The number of rotatable bonds is 4. The minimum absolute atomic E-state index is 0.0225. The van der Waals surface area contributed by atoms with Crippen LogP contribution >= 0.6 is 0 Å². The van der Waals surface area contributed by atoms with Crippen LogP contribution in [0.2, 0.25) is 0 Å². The molecule has 0 spiro atoms. The van der Waals surface area contributed by atoms with Crippen molar-refractivity contribution in [3.05, 3.63) is 65.2 Å². The number of urea groups is 1. The first-order chi connectivity index (χ1) is 10.2. The number of nitrogens with one attached hydrogen (secondary N) is 2. The van der Waals surface area contributed by atoms with Gasteiger partial charge in [0.1, 0.15) is 0 Å². The van der Waals surface area contributed by atoms with Gasteiger partial charge in [0.2, 0.25) is 0 Å². The van der Waals surface area contributed by atoms with E-state index in [0.717, 1.165) is 11.1 Å². The molecular formula is C16H15N3O2. The first kappa shape index (κ1) is 14.6. The smallest absolute Gasteiger partial charge is 0.319 e. The molecule has 0 bridgehead atoms. The molecular weight excluding hydrogens is 266 g/mol. The number of nitriles is 1. The van der Waals surface area contributed by atoms with Crippen LogP contribution in [0.15, 0.2) is 48.5 Å². The van der Waals surface area contributed by atoms with Crippen LogP contribution in [-0.4, -0.2) is 11.1 Å². The monoisotopic (exact) mass is 281 g/mol. The summed E-state index contributed by atoms with van der Waals surface area (Å²) in [5.41, 5.74) is 2.88. The molecule has 106 valence electrons.